The van der Waals surface area contributed by atoms with E-state index in [1.807, 2.05) is 11.8 Å². The van der Waals surface area contributed by atoms with E-state index in [0.717, 1.165) is 24.1 Å². The first-order chi connectivity index (χ1) is 7.25. The predicted molar refractivity (Wildman–Crippen MR) is 65.5 cm³/mol. The number of rotatable bonds is 2. The summed E-state index contributed by atoms with van der Waals surface area (Å²) in [6, 6.07) is 0.984. The van der Waals surface area contributed by atoms with Crippen molar-refractivity contribution in [3.63, 3.8) is 0 Å². The summed E-state index contributed by atoms with van der Waals surface area (Å²) in [5, 5.41) is 4.62. The Morgan fingerprint density at radius 3 is 3.00 bits per heavy atom. The topological polar surface area (TPSA) is 33.6 Å². The van der Waals surface area contributed by atoms with Crippen molar-refractivity contribution in [1.82, 2.24) is 5.32 Å². The van der Waals surface area contributed by atoms with Gasteiger partial charge in [-0.2, -0.15) is 0 Å². The van der Waals surface area contributed by atoms with Crippen molar-refractivity contribution in [1.29, 1.82) is 0 Å². The van der Waals surface area contributed by atoms with Gasteiger partial charge >= 0.3 is 0 Å². The van der Waals surface area contributed by atoms with Crippen LogP contribution >= 0.6 is 11.8 Å². The lowest BCUT2D eigenvalue weighted by Crippen LogP contribution is -2.39. The molecule has 0 spiro atoms. The first-order valence-corrected chi connectivity index (χ1v) is 6.79. The molecule has 1 N–H and O–H groups in total. The van der Waals surface area contributed by atoms with Gasteiger partial charge in [0.15, 0.2) is 5.17 Å². The largest absolute Gasteiger partial charge is 0.379 e. The second-order valence-corrected chi connectivity index (χ2v) is 5.62. The minimum absolute atomic E-state index is 0.482. The number of aliphatic imine (C=N–C) groups is 1. The molecule has 2 aliphatic heterocycles. The summed E-state index contributed by atoms with van der Waals surface area (Å²) in [5.74, 6) is 1.78. The van der Waals surface area contributed by atoms with Gasteiger partial charge in [0.25, 0.3) is 0 Å². The molecule has 2 rings (SSSR count). The maximum Gasteiger partial charge on any atom is 0.157 e. The number of hydrogen-bond acceptors (Lipinski definition) is 4. The van der Waals surface area contributed by atoms with E-state index >= 15 is 0 Å². The summed E-state index contributed by atoms with van der Waals surface area (Å²) in [5.41, 5.74) is 0. The Kier molecular flexibility index (Phi) is 3.92. The van der Waals surface area contributed by atoms with Crippen molar-refractivity contribution in [3.05, 3.63) is 0 Å². The van der Waals surface area contributed by atoms with Gasteiger partial charge in [-0.3, -0.25) is 4.99 Å². The molecule has 2 atom stereocenters. The van der Waals surface area contributed by atoms with Gasteiger partial charge in [0.1, 0.15) is 0 Å². The van der Waals surface area contributed by atoms with Crippen molar-refractivity contribution in [2.24, 2.45) is 10.9 Å². The Bertz CT molecular complexity index is 237. The highest BCUT2D eigenvalue weighted by Gasteiger charge is 2.23. The zero-order chi connectivity index (χ0) is 10.7. The average molecular weight is 228 g/mol. The molecule has 0 aliphatic carbocycles. The van der Waals surface area contributed by atoms with Gasteiger partial charge < -0.3 is 10.1 Å². The van der Waals surface area contributed by atoms with Gasteiger partial charge in [0, 0.05) is 12.4 Å². The van der Waals surface area contributed by atoms with E-state index < -0.39 is 0 Å². The van der Waals surface area contributed by atoms with E-state index in [0.29, 0.717) is 18.0 Å². The molecule has 0 aromatic carbocycles. The molecule has 86 valence electrons. The molecule has 2 heterocycles. The van der Waals surface area contributed by atoms with Crippen LogP contribution in [0.4, 0.5) is 0 Å². The van der Waals surface area contributed by atoms with Crippen molar-refractivity contribution in [3.8, 4) is 0 Å². The van der Waals surface area contributed by atoms with Gasteiger partial charge in [-0.15, -0.1) is 0 Å². The molecule has 3 nitrogen and oxygen atoms in total. The quantitative estimate of drug-likeness (QED) is 0.783. The smallest absolute Gasteiger partial charge is 0.157 e. The lowest BCUT2D eigenvalue weighted by Gasteiger charge is -2.23. The third-order valence-electron chi connectivity index (χ3n) is 2.93. The van der Waals surface area contributed by atoms with E-state index in [1.165, 1.54) is 12.8 Å². The summed E-state index contributed by atoms with van der Waals surface area (Å²) in [4.78, 5) is 4.69. The van der Waals surface area contributed by atoms with Crippen molar-refractivity contribution in [2.75, 3.05) is 19.0 Å². The van der Waals surface area contributed by atoms with Crippen LogP contribution in [0.25, 0.3) is 0 Å². The van der Waals surface area contributed by atoms with Gasteiger partial charge in [-0.25, -0.2) is 0 Å². The fraction of sp³-hybridized carbons (Fsp3) is 0.909. The highest BCUT2D eigenvalue weighted by Crippen LogP contribution is 2.22. The van der Waals surface area contributed by atoms with Crippen LogP contribution in [0.5, 0.6) is 0 Å². The zero-order valence-electron chi connectivity index (χ0n) is 9.53. The Hall–Kier alpha value is -0.220. The molecule has 0 radical (unpaired) electrons. The molecule has 0 amide bonds. The number of ether oxygens (including phenoxy) is 1. The molecule has 2 aliphatic rings. The molecule has 1 saturated heterocycles. The Labute approximate surface area is 96.1 Å². The van der Waals surface area contributed by atoms with Crippen LogP contribution in [0.15, 0.2) is 4.99 Å². The fourth-order valence-corrected chi connectivity index (χ4v) is 3.09. The average Bonchev–Trinajstić information content (AvgIpc) is 2.68. The highest BCUT2D eigenvalue weighted by atomic mass is 32.2. The molecule has 4 heteroatoms. The van der Waals surface area contributed by atoms with E-state index in [-0.39, 0.29) is 0 Å². The monoisotopic (exact) mass is 228 g/mol. The second kappa shape index (κ2) is 5.21. The van der Waals surface area contributed by atoms with Crippen LogP contribution in [0.3, 0.4) is 0 Å². The van der Waals surface area contributed by atoms with Crippen LogP contribution in [-0.4, -0.2) is 36.2 Å². The Morgan fingerprint density at radius 2 is 2.40 bits per heavy atom. The third-order valence-corrected chi connectivity index (χ3v) is 3.94. The lowest BCUT2D eigenvalue weighted by atomic mass is 10.1. The maximum atomic E-state index is 5.44. The molecule has 15 heavy (non-hydrogen) atoms. The number of hydrogen-bond donors (Lipinski definition) is 1. The Balaban J connectivity index is 1.81. The number of thioether (sulfide) groups is 1. The fourth-order valence-electron chi connectivity index (χ4n) is 1.84. The van der Waals surface area contributed by atoms with Crippen molar-refractivity contribution in [2.45, 2.75) is 38.8 Å². The number of nitrogens with one attached hydrogen (secondary N) is 1. The predicted octanol–water partition coefficient (Wildman–Crippen LogP) is 1.88. The van der Waals surface area contributed by atoms with Gasteiger partial charge in [0.2, 0.25) is 0 Å². The minimum atomic E-state index is 0.482. The van der Waals surface area contributed by atoms with E-state index in [9.17, 15) is 0 Å². The van der Waals surface area contributed by atoms with Crippen LogP contribution in [0.1, 0.15) is 26.7 Å². The van der Waals surface area contributed by atoms with Gasteiger partial charge in [-0.1, -0.05) is 25.6 Å². The third kappa shape index (κ3) is 3.11. The summed E-state index contributed by atoms with van der Waals surface area (Å²) < 4.78 is 5.44. The summed E-state index contributed by atoms with van der Waals surface area (Å²) >= 11 is 1.86. The summed E-state index contributed by atoms with van der Waals surface area (Å²) in [6.45, 7) is 6.24. The molecular weight excluding hydrogens is 208 g/mol. The van der Waals surface area contributed by atoms with Crippen LogP contribution < -0.4 is 5.32 Å². The van der Waals surface area contributed by atoms with Gasteiger partial charge in [0.05, 0.1) is 18.7 Å². The maximum absolute atomic E-state index is 5.44. The molecule has 1 unspecified atom stereocenters. The molecule has 1 fully saturated rings. The first-order valence-electron chi connectivity index (χ1n) is 5.80. The Morgan fingerprint density at radius 1 is 1.53 bits per heavy atom. The standard InChI is InChI=1S/C11H20N2OS/c1-8(2)10-7-15-11(13-10)12-9-4-3-5-14-6-9/h8-10H,3-7H2,1-2H3,(H,12,13)/t9?,10-/m1/s1. The number of nitrogens with zero attached hydrogens (tertiary/aromatic N) is 1. The first kappa shape index (κ1) is 11.3. The summed E-state index contributed by atoms with van der Waals surface area (Å²) in [6.07, 6.45) is 2.38. The summed E-state index contributed by atoms with van der Waals surface area (Å²) in [7, 11) is 0. The van der Waals surface area contributed by atoms with Gasteiger partial charge in [-0.05, 0) is 18.8 Å². The normalized spacial score (nSPS) is 31.8. The van der Waals surface area contributed by atoms with Crippen LogP contribution in [0, 0.1) is 5.92 Å². The lowest BCUT2D eigenvalue weighted by molar-refractivity contribution is 0.0767. The number of amidine groups is 1. The minimum Gasteiger partial charge on any atom is -0.379 e. The van der Waals surface area contributed by atoms with E-state index in [1.54, 1.807) is 0 Å². The van der Waals surface area contributed by atoms with Crippen molar-refractivity contribution < 1.29 is 4.74 Å². The van der Waals surface area contributed by atoms with E-state index in [2.05, 4.69) is 19.2 Å². The van der Waals surface area contributed by atoms with Crippen molar-refractivity contribution >= 4 is 16.9 Å². The van der Waals surface area contributed by atoms with E-state index in [4.69, 9.17) is 9.73 Å². The molecule has 0 aromatic rings. The molecule has 0 bridgehead atoms. The molecule has 0 aromatic heterocycles. The molecule has 0 saturated carbocycles. The zero-order valence-corrected chi connectivity index (χ0v) is 10.3. The second-order valence-electron chi connectivity index (χ2n) is 4.62. The SMILES string of the molecule is CC(C)[C@H]1CSC(NC2CCCOC2)=N1. The van der Waals surface area contributed by atoms with Crippen LogP contribution in [0.2, 0.25) is 0 Å². The highest BCUT2D eigenvalue weighted by molar-refractivity contribution is 8.14. The van der Waals surface area contributed by atoms with Crippen LogP contribution in [-0.2, 0) is 4.74 Å². The molecular formula is C11H20N2OS.